The van der Waals surface area contributed by atoms with Crippen molar-refractivity contribution in [2.24, 2.45) is 0 Å². The lowest BCUT2D eigenvalue weighted by molar-refractivity contribution is 0.589. The number of hydrogen-bond donors (Lipinski definition) is 1. The Labute approximate surface area is 98.2 Å². The van der Waals surface area contributed by atoms with Crippen LogP contribution in [0.1, 0.15) is 27.7 Å². The van der Waals surface area contributed by atoms with Gasteiger partial charge in [0.25, 0.3) is 0 Å². The number of hydrogen-bond acceptors (Lipinski definition) is 5. The highest BCUT2D eigenvalue weighted by Gasteiger charge is 2.18. The van der Waals surface area contributed by atoms with Crippen molar-refractivity contribution in [2.75, 3.05) is 10.6 Å². The third-order valence-electron chi connectivity index (χ3n) is 1.96. The fraction of sp³-hybridized carbons (Fsp3) is 0.667. The molecule has 1 heterocycles. The second-order valence-electron chi connectivity index (χ2n) is 3.86. The molecule has 0 bridgehead atoms. The molecular formula is C9H16BrN5. The molecule has 1 aromatic rings. The van der Waals surface area contributed by atoms with E-state index in [0.29, 0.717) is 22.8 Å². The molecule has 0 aliphatic rings. The molecule has 0 aliphatic carbocycles. The Bertz CT molecular complexity index is 311. The van der Waals surface area contributed by atoms with Crippen molar-refractivity contribution in [1.29, 1.82) is 0 Å². The maximum atomic E-state index is 5.58. The summed E-state index contributed by atoms with van der Waals surface area (Å²) in [6.07, 6.45) is 0. The van der Waals surface area contributed by atoms with Crippen LogP contribution in [0.4, 0.5) is 11.9 Å². The van der Waals surface area contributed by atoms with E-state index in [0.717, 1.165) is 0 Å². The molecule has 1 aromatic heterocycles. The second-order valence-corrected chi connectivity index (χ2v) is 4.57. The Morgan fingerprint density at radius 1 is 1.07 bits per heavy atom. The first-order chi connectivity index (χ1) is 6.91. The molecule has 0 radical (unpaired) electrons. The zero-order chi connectivity index (χ0) is 11.6. The predicted molar refractivity (Wildman–Crippen MR) is 64.7 cm³/mol. The molecule has 0 aliphatic heterocycles. The first-order valence-corrected chi connectivity index (χ1v) is 5.66. The van der Waals surface area contributed by atoms with Crippen LogP contribution in [0.3, 0.4) is 0 Å². The number of aromatic nitrogens is 3. The Morgan fingerprint density at radius 2 is 1.60 bits per heavy atom. The van der Waals surface area contributed by atoms with E-state index >= 15 is 0 Å². The minimum Gasteiger partial charge on any atom is -0.368 e. The van der Waals surface area contributed by atoms with Gasteiger partial charge in [-0.2, -0.15) is 15.0 Å². The van der Waals surface area contributed by atoms with Gasteiger partial charge in [-0.25, -0.2) is 0 Å². The number of anilines is 2. The van der Waals surface area contributed by atoms with Gasteiger partial charge >= 0.3 is 0 Å². The summed E-state index contributed by atoms with van der Waals surface area (Å²) in [5.41, 5.74) is 5.58. The molecule has 84 valence electrons. The normalized spacial score (nSPS) is 11.1. The average Bonchev–Trinajstić information content (AvgIpc) is 1.99. The zero-order valence-electron chi connectivity index (χ0n) is 9.40. The summed E-state index contributed by atoms with van der Waals surface area (Å²) in [6, 6.07) is 0.636. The average molecular weight is 274 g/mol. The maximum Gasteiger partial charge on any atom is 0.231 e. The van der Waals surface area contributed by atoms with Gasteiger partial charge in [-0.1, -0.05) is 0 Å². The highest BCUT2D eigenvalue weighted by Crippen LogP contribution is 2.17. The van der Waals surface area contributed by atoms with E-state index in [-0.39, 0.29) is 5.95 Å². The van der Waals surface area contributed by atoms with Crippen molar-refractivity contribution in [3.63, 3.8) is 0 Å². The fourth-order valence-corrected chi connectivity index (χ4v) is 1.87. The number of halogens is 1. The van der Waals surface area contributed by atoms with E-state index in [1.807, 2.05) is 0 Å². The Hall–Kier alpha value is -0.910. The van der Waals surface area contributed by atoms with Crippen LogP contribution in [-0.2, 0) is 0 Å². The lowest BCUT2D eigenvalue weighted by Gasteiger charge is -2.30. The van der Waals surface area contributed by atoms with Gasteiger partial charge in [-0.05, 0) is 43.6 Å². The summed E-state index contributed by atoms with van der Waals surface area (Å²) >= 11 is 3.21. The highest BCUT2D eigenvalue weighted by molar-refractivity contribution is 9.10. The van der Waals surface area contributed by atoms with E-state index in [1.165, 1.54) is 0 Å². The van der Waals surface area contributed by atoms with Gasteiger partial charge in [-0.3, -0.25) is 0 Å². The third-order valence-corrected chi connectivity index (χ3v) is 2.31. The van der Waals surface area contributed by atoms with E-state index in [1.54, 1.807) is 0 Å². The van der Waals surface area contributed by atoms with Crippen LogP contribution in [0.5, 0.6) is 0 Å². The molecule has 1 rings (SSSR count). The van der Waals surface area contributed by atoms with Gasteiger partial charge in [0.05, 0.1) is 0 Å². The molecule has 0 aromatic carbocycles. The quantitative estimate of drug-likeness (QED) is 0.910. The van der Waals surface area contributed by atoms with Crippen molar-refractivity contribution in [1.82, 2.24) is 15.0 Å². The topological polar surface area (TPSA) is 67.9 Å². The van der Waals surface area contributed by atoms with E-state index < -0.39 is 0 Å². The molecule has 5 nitrogen and oxygen atoms in total. The first kappa shape index (κ1) is 12.2. The molecule has 2 N–H and O–H groups in total. The molecule has 0 saturated heterocycles. The molecule has 0 fully saturated rings. The van der Waals surface area contributed by atoms with E-state index in [9.17, 15) is 0 Å². The molecule has 15 heavy (non-hydrogen) atoms. The monoisotopic (exact) mass is 273 g/mol. The summed E-state index contributed by atoms with van der Waals surface area (Å²) in [5.74, 6) is 0.845. The summed E-state index contributed by atoms with van der Waals surface area (Å²) in [4.78, 5) is 14.3. The highest BCUT2D eigenvalue weighted by atomic mass is 79.9. The van der Waals surface area contributed by atoms with Gasteiger partial charge in [-0.15, -0.1) is 0 Å². The van der Waals surface area contributed by atoms with Crippen molar-refractivity contribution >= 4 is 27.8 Å². The molecule has 0 unspecified atom stereocenters. The lowest BCUT2D eigenvalue weighted by atomic mass is 10.2. The summed E-state index contributed by atoms with van der Waals surface area (Å²) in [7, 11) is 0. The Balaban J connectivity index is 3.11. The lowest BCUT2D eigenvalue weighted by Crippen LogP contribution is -2.38. The largest absolute Gasteiger partial charge is 0.368 e. The minimum atomic E-state index is 0.234. The van der Waals surface area contributed by atoms with Crippen LogP contribution in [0, 0.1) is 0 Å². The van der Waals surface area contributed by atoms with Gasteiger partial charge in [0.2, 0.25) is 16.6 Å². The van der Waals surface area contributed by atoms with Gasteiger partial charge in [0.15, 0.2) is 0 Å². The van der Waals surface area contributed by atoms with E-state index in [4.69, 9.17) is 5.73 Å². The standard InChI is InChI=1S/C9H16BrN5/c1-5(2)15(6(3)4)9-13-7(10)12-8(11)14-9/h5-6H,1-4H3,(H2,11,12,13,14). The molecule has 6 heteroatoms. The Morgan fingerprint density at radius 3 is 2.00 bits per heavy atom. The fourth-order valence-electron chi connectivity index (χ4n) is 1.53. The third kappa shape index (κ3) is 3.02. The maximum absolute atomic E-state index is 5.58. The zero-order valence-corrected chi connectivity index (χ0v) is 11.0. The van der Waals surface area contributed by atoms with Crippen LogP contribution in [0.25, 0.3) is 0 Å². The number of nitrogens with two attached hydrogens (primary N) is 1. The molecule has 0 saturated carbocycles. The minimum absolute atomic E-state index is 0.234. The number of nitrogens with zero attached hydrogens (tertiary/aromatic N) is 4. The van der Waals surface area contributed by atoms with Crippen molar-refractivity contribution < 1.29 is 0 Å². The first-order valence-electron chi connectivity index (χ1n) is 4.87. The molecule has 0 spiro atoms. The molecule has 0 atom stereocenters. The number of rotatable bonds is 3. The summed E-state index contributed by atoms with van der Waals surface area (Å²) in [6.45, 7) is 8.36. The van der Waals surface area contributed by atoms with Crippen LogP contribution >= 0.6 is 15.9 Å². The van der Waals surface area contributed by atoms with Crippen LogP contribution < -0.4 is 10.6 Å². The van der Waals surface area contributed by atoms with Crippen molar-refractivity contribution in [3.05, 3.63) is 4.73 Å². The number of nitrogen functional groups attached to an aromatic ring is 1. The summed E-state index contributed by atoms with van der Waals surface area (Å²) in [5, 5.41) is 0. The van der Waals surface area contributed by atoms with Gasteiger partial charge in [0.1, 0.15) is 0 Å². The van der Waals surface area contributed by atoms with Crippen molar-refractivity contribution in [3.8, 4) is 0 Å². The van der Waals surface area contributed by atoms with Crippen LogP contribution in [0.2, 0.25) is 0 Å². The summed E-state index contributed by atoms with van der Waals surface area (Å²) < 4.78 is 0.469. The van der Waals surface area contributed by atoms with Crippen LogP contribution in [0.15, 0.2) is 4.73 Å². The van der Waals surface area contributed by atoms with E-state index in [2.05, 4.69) is 63.5 Å². The Kier molecular flexibility index (Phi) is 3.84. The smallest absolute Gasteiger partial charge is 0.231 e. The molecule has 0 amide bonds. The second kappa shape index (κ2) is 4.74. The van der Waals surface area contributed by atoms with Gasteiger partial charge in [0, 0.05) is 12.1 Å². The predicted octanol–water partition coefficient (Wildman–Crippen LogP) is 1.84. The van der Waals surface area contributed by atoms with Crippen molar-refractivity contribution in [2.45, 2.75) is 39.8 Å². The molecular weight excluding hydrogens is 258 g/mol. The SMILES string of the molecule is CC(C)N(c1nc(N)nc(Br)n1)C(C)C. The van der Waals surface area contributed by atoms with Gasteiger partial charge < -0.3 is 10.6 Å². The van der Waals surface area contributed by atoms with Crippen LogP contribution in [-0.4, -0.2) is 27.0 Å².